The van der Waals surface area contributed by atoms with Crippen molar-refractivity contribution in [1.29, 1.82) is 5.26 Å². The monoisotopic (exact) mass is 352 g/mol. The van der Waals surface area contributed by atoms with Crippen molar-refractivity contribution in [2.75, 3.05) is 5.32 Å². The van der Waals surface area contributed by atoms with Crippen LogP contribution in [0.5, 0.6) is 0 Å². The highest BCUT2D eigenvalue weighted by Gasteiger charge is 2.35. The molecule has 1 N–H and O–H groups in total. The largest absolute Gasteiger partial charge is 0.362 e. The Balaban J connectivity index is 2.00. The van der Waals surface area contributed by atoms with Gasteiger partial charge in [-0.2, -0.15) is 10.4 Å². The Bertz CT molecular complexity index is 690. The second kappa shape index (κ2) is 5.45. The molecule has 21 heavy (non-hydrogen) atoms. The summed E-state index contributed by atoms with van der Waals surface area (Å²) in [5.74, 6) is 0.363. The average molecular weight is 353 g/mol. The van der Waals surface area contributed by atoms with Gasteiger partial charge in [0.05, 0.1) is 12.2 Å². The zero-order chi connectivity index (χ0) is 15.0. The molecule has 108 valence electrons. The fraction of sp³-hybridized carbons (Fsp3) is 0.286. The van der Waals surface area contributed by atoms with Crippen molar-refractivity contribution >= 4 is 21.7 Å². The molecular weight excluding hydrogens is 342 g/mol. The Morgan fingerprint density at radius 3 is 2.71 bits per heavy atom. The Hall–Kier alpha value is -1.94. The van der Waals surface area contributed by atoms with Gasteiger partial charge in [-0.15, -0.1) is 0 Å². The summed E-state index contributed by atoms with van der Waals surface area (Å²) >= 11 is 3.35. The van der Waals surface area contributed by atoms with E-state index in [9.17, 15) is 8.78 Å². The third-order valence-electron chi connectivity index (χ3n) is 3.58. The summed E-state index contributed by atoms with van der Waals surface area (Å²) in [4.78, 5) is 0. The summed E-state index contributed by atoms with van der Waals surface area (Å²) in [6, 6.07) is 8.16. The summed E-state index contributed by atoms with van der Waals surface area (Å²) < 4.78 is 28.7. The van der Waals surface area contributed by atoms with Gasteiger partial charge < -0.3 is 5.32 Å². The van der Waals surface area contributed by atoms with Crippen molar-refractivity contribution in [3.05, 3.63) is 46.1 Å². The van der Waals surface area contributed by atoms with Crippen LogP contribution < -0.4 is 5.32 Å². The smallest absolute Gasteiger partial charge is 0.260 e. The van der Waals surface area contributed by atoms with E-state index in [1.165, 1.54) is 10.9 Å². The van der Waals surface area contributed by atoms with Crippen LogP contribution in [0.25, 0.3) is 0 Å². The van der Waals surface area contributed by atoms with Crippen LogP contribution in [0.4, 0.5) is 14.6 Å². The molecule has 0 unspecified atom stereocenters. The van der Waals surface area contributed by atoms with Gasteiger partial charge in [-0.05, 0) is 24.1 Å². The number of hydrogen-bond donors (Lipinski definition) is 1. The lowest BCUT2D eigenvalue weighted by Crippen LogP contribution is -2.31. The molecule has 3 rings (SSSR count). The first-order valence-corrected chi connectivity index (χ1v) is 7.17. The number of fused-ring (bicyclic) bond motifs is 1. The summed E-state index contributed by atoms with van der Waals surface area (Å²) in [6.45, 7) is 0. The molecule has 2 aromatic rings. The van der Waals surface area contributed by atoms with Crippen LogP contribution in [0.1, 0.15) is 29.6 Å². The summed E-state index contributed by atoms with van der Waals surface area (Å²) in [7, 11) is 0. The van der Waals surface area contributed by atoms with Crippen LogP contribution in [-0.2, 0) is 0 Å². The van der Waals surface area contributed by atoms with Gasteiger partial charge >= 0.3 is 0 Å². The lowest BCUT2D eigenvalue weighted by molar-refractivity contribution is 0.0658. The highest BCUT2D eigenvalue weighted by Crippen LogP contribution is 2.39. The van der Waals surface area contributed by atoms with E-state index in [1.807, 2.05) is 30.3 Å². The Morgan fingerprint density at radius 1 is 1.38 bits per heavy atom. The third-order valence-corrected chi connectivity index (χ3v) is 4.11. The average Bonchev–Trinajstić information content (AvgIpc) is 2.89. The summed E-state index contributed by atoms with van der Waals surface area (Å²) in [5.41, 5.74) is 1.18. The van der Waals surface area contributed by atoms with Crippen LogP contribution in [0, 0.1) is 11.3 Å². The maximum atomic E-state index is 13.3. The van der Waals surface area contributed by atoms with Crippen molar-refractivity contribution in [1.82, 2.24) is 9.78 Å². The van der Waals surface area contributed by atoms with Gasteiger partial charge in [-0.3, -0.25) is 0 Å². The van der Waals surface area contributed by atoms with Crippen molar-refractivity contribution in [3.63, 3.8) is 0 Å². The zero-order valence-corrected chi connectivity index (χ0v) is 12.4. The minimum Gasteiger partial charge on any atom is -0.362 e. The Kier molecular flexibility index (Phi) is 3.64. The van der Waals surface area contributed by atoms with Crippen molar-refractivity contribution in [2.24, 2.45) is 0 Å². The van der Waals surface area contributed by atoms with Crippen LogP contribution in [-0.4, -0.2) is 16.2 Å². The molecule has 1 aromatic heterocycles. The molecule has 2 heterocycles. The predicted octanol–water partition coefficient (Wildman–Crippen LogP) is 3.88. The van der Waals surface area contributed by atoms with Crippen LogP contribution in [0.15, 0.2) is 34.9 Å². The van der Waals surface area contributed by atoms with Gasteiger partial charge in [-0.25, -0.2) is 13.5 Å². The van der Waals surface area contributed by atoms with E-state index in [4.69, 9.17) is 5.26 Å². The van der Waals surface area contributed by atoms with Gasteiger partial charge in [0.25, 0.3) is 6.43 Å². The van der Waals surface area contributed by atoms with E-state index in [2.05, 4.69) is 26.3 Å². The number of rotatable bonds is 2. The molecule has 0 saturated carbocycles. The van der Waals surface area contributed by atoms with Crippen LogP contribution in [0.2, 0.25) is 0 Å². The van der Waals surface area contributed by atoms with E-state index in [0.29, 0.717) is 5.82 Å². The normalized spacial score (nSPS) is 20.7. The summed E-state index contributed by atoms with van der Waals surface area (Å²) in [5, 5.41) is 16.1. The highest BCUT2D eigenvalue weighted by atomic mass is 79.9. The molecule has 0 radical (unpaired) electrons. The van der Waals surface area contributed by atoms with Crippen molar-refractivity contribution < 1.29 is 8.78 Å². The molecule has 0 amide bonds. The second-order valence-electron chi connectivity index (χ2n) is 4.85. The lowest BCUT2D eigenvalue weighted by Gasteiger charge is -2.32. The molecule has 0 fully saturated rings. The summed E-state index contributed by atoms with van der Waals surface area (Å²) in [6.07, 6.45) is -0.990. The number of nitriles is 1. The molecule has 7 heteroatoms. The van der Waals surface area contributed by atoms with E-state index in [0.717, 1.165) is 10.0 Å². The quantitative estimate of drug-likeness (QED) is 0.892. The number of anilines is 1. The van der Waals surface area contributed by atoms with Gasteiger partial charge in [0, 0.05) is 4.47 Å². The van der Waals surface area contributed by atoms with Crippen molar-refractivity contribution in [2.45, 2.75) is 24.9 Å². The standard InChI is InChI=1S/C14H11BrF2N4/c15-10-3-1-8(2-4-10)11-5-12(13(16)17)21-14(20-11)9(6-18)7-19-21/h1-4,7,11-13,20H,5H2/t11-,12+/m1/s1. The number of halogens is 3. The molecule has 4 nitrogen and oxygen atoms in total. The van der Waals surface area contributed by atoms with Gasteiger partial charge in [-0.1, -0.05) is 28.1 Å². The molecule has 0 saturated heterocycles. The Morgan fingerprint density at radius 2 is 2.10 bits per heavy atom. The maximum absolute atomic E-state index is 13.3. The number of benzene rings is 1. The number of nitrogens with zero attached hydrogens (tertiary/aromatic N) is 3. The minimum absolute atomic E-state index is 0.221. The predicted molar refractivity (Wildman–Crippen MR) is 77.1 cm³/mol. The second-order valence-corrected chi connectivity index (χ2v) is 5.76. The van der Waals surface area contributed by atoms with E-state index in [1.54, 1.807) is 0 Å². The topological polar surface area (TPSA) is 53.6 Å². The SMILES string of the molecule is N#Cc1cnn2c1N[C@@H](c1ccc(Br)cc1)C[C@H]2C(F)F. The lowest BCUT2D eigenvalue weighted by atomic mass is 9.97. The van der Waals surface area contributed by atoms with E-state index < -0.39 is 12.5 Å². The first kappa shape index (κ1) is 14.0. The van der Waals surface area contributed by atoms with Crippen LogP contribution in [0.3, 0.4) is 0 Å². The fourth-order valence-electron chi connectivity index (χ4n) is 2.53. The van der Waals surface area contributed by atoms with Crippen molar-refractivity contribution in [3.8, 4) is 6.07 Å². The first-order valence-electron chi connectivity index (χ1n) is 6.38. The maximum Gasteiger partial charge on any atom is 0.260 e. The Labute approximate surface area is 128 Å². The molecule has 1 aliphatic rings. The molecule has 1 aromatic carbocycles. The first-order chi connectivity index (χ1) is 10.1. The molecule has 2 atom stereocenters. The number of hydrogen-bond acceptors (Lipinski definition) is 3. The van der Waals surface area contributed by atoms with Crippen LogP contribution >= 0.6 is 15.9 Å². The van der Waals surface area contributed by atoms with Gasteiger partial charge in [0.15, 0.2) is 0 Å². The number of nitrogens with one attached hydrogen (secondary N) is 1. The zero-order valence-electron chi connectivity index (χ0n) is 10.8. The molecular formula is C14H11BrF2N4. The fourth-order valence-corrected chi connectivity index (χ4v) is 2.79. The van der Waals surface area contributed by atoms with E-state index >= 15 is 0 Å². The molecule has 0 spiro atoms. The number of aromatic nitrogens is 2. The third kappa shape index (κ3) is 2.51. The van der Waals surface area contributed by atoms with Gasteiger partial charge in [0.2, 0.25) is 0 Å². The number of alkyl halides is 2. The highest BCUT2D eigenvalue weighted by molar-refractivity contribution is 9.10. The molecule has 1 aliphatic heterocycles. The van der Waals surface area contributed by atoms with E-state index in [-0.39, 0.29) is 18.0 Å². The minimum atomic E-state index is -2.53. The van der Waals surface area contributed by atoms with Gasteiger partial charge in [0.1, 0.15) is 23.5 Å². The molecule has 0 aliphatic carbocycles. The molecule has 0 bridgehead atoms.